The molecule has 2 aromatic rings. The SMILES string of the molecule is O=C(NO)N(C(=O)N1CCOC(Cc2ccccc2)C1)c1cccc(C(F)(F)F)c1. The van der Waals surface area contributed by atoms with Crippen molar-refractivity contribution < 1.29 is 32.7 Å². The first kappa shape index (κ1) is 21.6. The van der Waals surface area contributed by atoms with Crippen LogP contribution in [0.25, 0.3) is 0 Å². The van der Waals surface area contributed by atoms with Crippen LogP contribution in [0.15, 0.2) is 54.6 Å². The average Bonchev–Trinajstić information content (AvgIpc) is 2.74. The van der Waals surface area contributed by atoms with E-state index in [0.717, 1.165) is 17.7 Å². The van der Waals surface area contributed by atoms with Crippen LogP contribution in [0.2, 0.25) is 0 Å². The number of hydroxylamine groups is 1. The number of anilines is 1. The fourth-order valence-electron chi connectivity index (χ4n) is 3.22. The monoisotopic (exact) mass is 423 g/mol. The summed E-state index contributed by atoms with van der Waals surface area (Å²) >= 11 is 0. The fourth-order valence-corrected chi connectivity index (χ4v) is 3.22. The van der Waals surface area contributed by atoms with Crippen molar-refractivity contribution in [1.82, 2.24) is 10.4 Å². The van der Waals surface area contributed by atoms with E-state index in [0.29, 0.717) is 17.4 Å². The molecule has 10 heteroatoms. The molecule has 1 atom stereocenters. The van der Waals surface area contributed by atoms with Crippen LogP contribution >= 0.6 is 0 Å². The van der Waals surface area contributed by atoms with E-state index < -0.39 is 23.8 Å². The Kier molecular flexibility index (Phi) is 6.58. The van der Waals surface area contributed by atoms with Crippen molar-refractivity contribution in [3.05, 3.63) is 65.7 Å². The summed E-state index contributed by atoms with van der Waals surface area (Å²) in [5, 5.41) is 9.03. The summed E-state index contributed by atoms with van der Waals surface area (Å²) in [6, 6.07) is 11.1. The van der Waals surface area contributed by atoms with Crippen LogP contribution in [-0.2, 0) is 17.3 Å². The number of hydrogen-bond donors (Lipinski definition) is 2. The van der Waals surface area contributed by atoms with Gasteiger partial charge in [-0.25, -0.2) is 20.0 Å². The zero-order chi connectivity index (χ0) is 21.7. The van der Waals surface area contributed by atoms with Crippen molar-refractivity contribution in [1.29, 1.82) is 0 Å². The Labute approximate surface area is 170 Å². The Morgan fingerprint density at radius 1 is 1.17 bits per heavy atom. The van der Waals surface area contributed by atoms with Gasteiger partial charge in [0, 0.05) is 19.5 Å². The first-order valence-electron chi connectivity index (χ1n) is 9.15. The average molecular weight is 423 g/mol. The van der Waals surface area contributed by atoms with E-state index in [1.165, 1.54) is 16.4 Å². The molecule has 1 unspecified atom stereocenters. The molecule has 1 saturated heterocycles. The third kappa shape index (κ3) is 5.08. The molecule has 1 aliphatic heterocycles. The number of urea groups is 2. The number of nitrogens with zero attached hydrogens (tertiary/aromatic N) is 2. The molecule has 0 radical (unpaired) electrons. The summed E-state index contributed by atoms with van der Waals surface area (Å²) in [6.45, 7) is 0.501. The number of alkyl halides is 3. The largest absolute Gasteiger partial charge is 0.416 e. The van der Waals surface area contributed by atoms with Gasteiger partial charge in [-0.2, -0.15) is 13.2 Å². The lowest BCUT2D eigenvalue weighted by Crippen LogP contribution is -2.55. The van der Waals surface area contributed by atoms with Gasteiger partial charge in [0.1, 0.15) is 0 Å². The maximum absolute atomic E-state index is 13.0. The number of imide groups is 1. The minimum atomic E-state index is -4.65. The zero-order valence-electron chi connectivity index (χ0n) is 15.8. The predicted molar refractivity (Wildman–Crippen MR) is 101 cm³/mol. The van der Waals surface area contributed by atoms with E-state index in [9.17, 15) is 22.8 Å². The molecule has 2 aromatic carbocycles. The van der Waals surface area contributed by atoms with Crippen LogP contribution in [0.3, 0.4) is 0 Å². The summed E-state index contributed by atoms with van der Waals surface area (Å²) in [5.74, 6) is 0. The Morgan fingerprint density at radius 3 is 2.57 bits per heavy atom. The van der Waals surface area contributed by atoms with Crippen molar-refractivity contribution in [3.63, 3.8) is 0 Å². The fraction of sp³-hybridized carbons (Fsp3) is 0.300. The number of nitrogens with one attached hydrogen (secondary N) is 1. The minimum Gasteiger partial charge on any atom is -0.374 e. The number of morpholine rings is 1. The van der Waals surface area contributed by atoms with Gasteiger partial charge in [-0.15, -0.1) is 0 Å². The third-order valence-electron chi connectivity index (χ3n) is 4.64. The molecule has 2 N–H and O–H groups in total. The number of carbonyl (C=O) groups is 2. The second-order valence-electron chi connectivity index (χ2n) is 6.71. The van der Waals surface area contributed by atoms with Gasteiger partial charge in [0.05, 0.1) is 24.0 Å². The number of benzene rings is 2. The smallest absolute Gasteiger partial charge is 0.374 e. The van der Waals surface area contributed by atoms with Gasteiger partial charge in [0.2, 0.25) is 0 Å². The van der Waals surface area contributed by atoms with Gasteiger partial charge in [0.25, 0.3) is 0 Å². The maximum atomic E-state index is 13.0. The number of hydrogen-bond acceptors (Lipinski definition) is 4. The summed E-state index contributed by atoms with van der Waals surface area (Å²) in [4.78, 5) is 26.9. The molecule has 30 heavy (non-hydrogen) atoms. The molecule has 3 rings (SSSR count). The number of carbonyl (C=O) groups excluding carboxylic acids is 2. The molecule has 1 fully saturated rings. The van der Waals surface area contributed by atoms with Gasteiger partial charge in [-0.3, -0.25) is 5.21 Å². The summed E-state index contributed by atoms with van der Waals surface area (Å²) in [6.07, 6.45) is -4.47. The lowest BCUT2D eigenvalue weighted by Gasteiger charge is -2.35. The Hall–Kier alpha value is -3.11. The topological polar surface area (TPSA) is 82.1 Å². The van der Waals surface area contributed by atoms with E-state index in [2.05, 4.69) is 0 Å². The second kappa shape index (κ2) is 9.14. The number of amides is 4. The molecule has 0 bridgehead atoms. The molecular weight excluding hydrogens is 403 g/mol. The Morgan fingerprint density at radius 2 is 1.90 bits per heavy atom. The van der Waals surface area contributed by atoms with Crippen molar-refractivity contribution in [2.24, 2.45) is 0 Å². The lowest BCUT2D eigenvalue weighted by atomic mass is 10.1. The van der Waals surface area contributed by atoms with Crippen LogP contribution in [-0.4, -0.2) is 48.0 Å². The quantitative estimate of drug-likeness (QED) is 0.583. The van der Waals surface area contributed by atoms with Crippen molar-refractivity contribution in [3.8, 4) is 0 Å². The molecule has 7 nitrogen and oxygen atoms in total. The predicted octanol–water partition coefficient (Wildman–Crippen LogP) is 3.67. The van der Waals surface area contributed by atoms with Gasteiger partial charge in [-0.05, 0) is 23.8 Å². The summed E-state index contributed by atoms with van der Waals surface area (Å²) in [7, 11) is 0. The number of rotatable bonds is 3. The molecule has 0 aromatic heterocycles. The Balaban J connectivity index is 1.81. The van der Waals surface area contributed by atoms with Gasteiger partial charge < -0.3 is 9.64 Å². The van der Waals surface area contributed by atoms with Crippen molar-refractivity contribution in [2.45, 2.75) is 18.7 Å². The van der Waals surface area contributed by atoms with Crippen LogP contribution < -0.4 is 10.4 Å². The highest BCUT2D eigenvalue weighted by molar-refractivity contribution is 6.13. The van der Waals surface area contributed by atoms with Crippen LogP contribution in [0, 0.1) is 0 Å². The summed E-state index contributed by atoms with van der Waals surface area (Å²) in [5.41, 5.74) is 0.986. The van der Waals surface area contributed by atoms with Crippen LogP contribution in [0.4, 0.5) is 28.4 Å². The van der Waals surface area contributed by atoms with Crippen molar-refractivity contribution >= 4 is 17.7 Å². The van der Waals surface area contributed by atoms with E-state index in [1.54, 1.807) is 0 Å². The normalized spacial score (nSPS) is 16.8. The molecule has 4 amide bonds. The van der Waals surface area contributed by atoms with Gasteiger partial charge >= 0.3 is 18.2 Å². The summed E-state index contributed by atoms with van der Waals surface area (Å²) < 4.78 is 44.8. The number of ether oxygens (including phenoxy) is 1. The second-order valence-corrected chi connectivity index (χ2v) is 6.71. The van der Waals surface area contributed by atoms with E-state index in [4.69, 9.17) is 9.94 Å². The van der Waals surface area contributed by atoms with Gasteiger partial charge in [0.15, 0.2) is 0 Å². The highest BCUT2D eigenvalue weighted by Gasteiger charge is 2.35. The maximum Gasteiger partial charge on any atom is 0.416 e. The highest BCUT2D eigenvalue weighted by Crippen LogP contribution is 2.32. The zero-order valence-corrected chi connectivity index (χ0v) is 15.8. The standard InChI is InChI=1S/C20H20F3N3O4/c21-20(22,23)15-7-4-8-16(12-15)26(18(27)24-29)19(28)25-9-10-30-17(13-25)11-14-5-2-1-3-6-14/h1-8,12,17,29H,9-11,13H2,(H,24,27). The molecule has 0 aliphatic carbocycles. The van der Waals surface area contributed by atoms with Crippen molar-refractivity contribution in [2.75, 3.05) is 24.6 Å². The minimum absolute atomic E-state index is 0.141. The molecular formula is C20H20F3N3O4. The third-order valence-corrected chi connectivity index (χ3v) is 4.64. The Bertz CT molecular complexity index is 892. The number of halogens is 3. The van der Waals surface area contributed by atoms with Gasteiger partial charge in [-0.1, -0.05) is 36.4 Å². The molecule has 1 heterocycles. The van der Waals surface area contributed by atoms with Crippen LogP contribution in [0.1, 0.15) is 11.1 Å². The van der Waals surface area contributed by atoms with E-state index in [1.807, 2.05) is 30.3 Å². The molecule has 0 saturated carbocycles. The van der Waals surface area contributed by atoms with E-state index in [-0.39, 0.29) is 31.5 Å². The van der Waals surface area contributed by atoms with Crippen LogP contribution in [0.5, 0.6) is 0 Å². The highest BCUT2D eigenvalue weighted by atomic mass is 19.4. The first-order valence-corrected chi connectivity index (χ1v) is 9.15. The molecule has 1 aliphatic rings. The molecule has 0 spiro atoms. The molecule has 160 valence electrons. The first-order chi connectivity index (χ1) is 14.3. The lowest BCUT2D eigenvalue weighted by molar-refractivity contribution is -0.137. The van der Waals surface area contributed by atoms with E-state index >= 15 is 0 Å².